The quantitative estimate of drug-likeness (QED) is 0.513. The third-order valence-corrected chi connectivity index (χ3v) is 7.37. The zero-order valence-electron chi connectivity index (χ0n) is 17.1. The fraction of sp³-hybridized carbons (Fsp3) is 0.600. The lowest BCUT2D eigenvalue weighted by molar-refractivity contribution is 0.113. The molecule has 0 amide bonds. The zero-order valence-corrected chi connectivity index (χ0v) is 17.1. The number of rotatable bonds is 5. The van der Waals surface area contributed by atoms with Gasteiger partial charge in [-0.1, -0.05) is 44.7 Å². The summed E-state index contributed by atoms with van der Waals surface area (Å²) in [5.41, 5.74) is 1.04. The van der Waals surface area contributed by atoms with Gasteiger partial charge in [-0.3, -0.25) is 0 Å². The summed E-state index contributed by atoms with van der Waals surface area (Å²) in [6.45, 7) is 2.28. The molecule has 4 atom stereocenters. The van der Waals surface area contributed by atoms with E-state index in [-0.39, 0.29) is 11.1 Å². The fourth-order valence-electron chi connectivity index (χ4n) is 5.81. The number of fused-ring (bicyclic) bond motifs is 2. The van der Waals surface area contributed by atoms with E-state index in [1.165, 1.54) is 52.1 Å². The Morgan fingerprint density at radius 1 is 1.00 bits per heavy atom. The number of methoxy groups -OCH3 is 1. The summed E-state index contributed by atoms with van der Waals surface area (Å²) in [5.74, 6) is 2.00. The maximum Gasteiger partial charge on any atom is 0.175 e. The van der Waals surface area contributed by atoms with E-state index in [1.54, 1.807) is 18.2 Å². The first-order chi connectivity index (χ1) is 13.6. The number of ether oxygens (including phenoxy) is 1. The van der Waals surface area contributed by atoms with Crippen molar-refractivity contribution in [3.63, 3.8) is 0 Å². The smallest absolute Gasteiger partial charge is 0.175 e. The van der Waals surface area contributed by atoms with Crippen LogP contribution in [0.2, 0.25) is 0 Å². The highest BCUT2D eigenvalue weighted by atomic mass is 19.1. The summed E-state index contributed by atoms with van der Waals surface area (Å²) in [4.78, 5) is 0. The molecule has 0 saturated heterocycles. The molecule has 2 aromatic rings. The third-order valence-electron chi connectivity index (χ3n) is 7.37. The van der Waals surface area contributed by atoms with E-state index in [2.05, 4.69) is 6.92 Å². The van der Waals surface area contributed by atoms with Crippen molar-refractivity contribution in [2.75, 3.05) is 7.11 Å². The van der Waals surface area contributed by atoms with Gasteiger partial charge in [-0.2, -0.15) is 0 Å². The van der Waals surface area contributed by atoms with E-state index in [0.717, 1.165) is 36.2 Å². The zero-order chi connectivity index (χ0) is 19.7. The molecule has 1 nitrogen and oxygen atoms in total. The molecule has 2 saturated carbocycles. The van der Waals surface area contributed by atoms with Gasteiger partial charge in [0.05, 0.1) is 12.5 Å². The largest absolute Gasteiger partial charge is 0.494 e. The summed E-state index contributed by atoms with van der Waals surface area (Å²) in [5, 5.41) is 0.687. The molecule has 28 heavy (non-hydrogen) atoms. The number of halogens is 2. The Morgan fingerprint density at radius 2 is 1.79 bits per heavy atom. The number of hydrogen-bond donors (Lipinski definition) is 0. The molecular weight excluding hydrogens is 354 g/mol. The molecule has 3 heteroatoms. The summed E-state index contributed by atoms with van der Waals surface area (Å²) < 4.78 is 34.3. The second-order valence-corrected chi connectivity index (χ2v) is 9.03. The Labute approximate surface area is 167 Å². The molecule has 0 spiro atoms. The van der Waals surface area contributed by atoms with E-state index in [9.17, 15) is 8.78 Å². The molecular formula is C25H32F2O. The van der Waals surface area contributed by atoms with Crippen LogP contribution >= 0.6 is 0 Å². The monoisotopic (exact) mass is 386 g/mol. The van der Waals surface area contributed by atoms with Crippen LogP contribution in [0.1, 0.15) is 76.2 Å². The standard InChI is InChI=1S/C25H32F2O/c1-3-4-5-16-6-7-18-13-19(9-8-17(18)12-16)21-14-20-10-11-23(28-2)25(27)24(20)22(26)15-21/h10-11,14-19H,3-9,12-13H2,1-2H3/t16?,17-,18?,19-/m1/s1. The number of unbranched alkanes of at least 4 members (excludes halogenated alkanes) is 1. The van der Waals surface area contributed by atoms with E-state index in [4.69, 9.17) is 4.74 Å². The van der Waals surface area contributed by atoms with Crippen molar-refractivity contribution in [2.45, 2.75) is 70.6 Å². The summed E-state index contributed by atoms with van der Waals surface area (Å²) in [6.07, 6.45) is 11.7. The first-order valence-electron chi connectivity index (χ1n) is 11.1. The molecule has 2 fully saturated rings. The lowest BCUT2D eigenvalue weighted by Crippen LogP contribution is -2.30. The highest BCUT2D eigenvalue weighted by Crippen LogP contribution is 2.49. The van der Waals surface area contributed by atoms with Crippen molar-refractivity contribution in [1.82, 2.24) is 0 Å². The summed E-state index contributed by atoms with van der Waals surface area (Å²) >= 11 is 0. The van der Waals surface area contributed by atoms with Gasteiger partial charge >= 0.3 is 0 Å². The van der Waals surface area contributed by atoms with Gasteiger partial charge in [-0.25, -0.2) is 8.78 Å². The molecule has 0 aliphatic heterocycles. The van der Waals surface area contributed by atoms with Gasteiger partial charge in [0.15, 0.2) is 11.6 Å². The SMILES string of the molecule is CCCCC1CCC2C[C@H](c3cc(F)c4c(F)c(OC)ccc4c3)CC[C@@H]2C1. The van der Waals surface area contributed by atoms with E-state index < -0.39 is 11.6 Å². The Bertz CT molecular complexity index is 831. The first kappa shape index (κ1) is 19.7. The minimum absolute atomic E-state index is 0.0493. The average molecular weight is 387 g/mol. The van der Waals surface area contributed by atoms with Crippen molar-refractivity contribution in [3.05, 3.63) is 41.5 Å². The summed E-state index contributed by atoms with van der Waals surface area (Å²) in [7, 11) is 1.41. The fourth-order valence-corrected chi connectivity index (χ4v) is 5.81. The second kappa shape index (κ2) is 8.39. The van der Waals surface area contributed by atoms with Gasteiger partial charge in [-0.05, 0) is 78.9 Å². The topological polar surface area (TPSA) is 9.23 Å². The van der Waals surface area contributed by atoms with Crippen LogP contribution in [-0.4, -0.2) is 7.11 Å². The van der Waals surface area contributed by atoms with Crippen molar-refractivity contribution in [2.24, 2.45) is 17.8 Å². The number of benzene rings is 2. The molecule has 152 valence electrons. The van der Waals surface area contributed by atoms with Crippen LogP contribution in [-0.2, 0) is 0 Å². The maximum atomic E-state index is 14.8. The minimum Gasteiger partial charge on any atom is -0.494 e. The third kappa shape index (κ3) is 3.77. The van der Waals surface area contributed by atoms with E-state index >= 15 is 0 Å². The molecule has 2 aliphatic rings. The lowest BCUT2D eigenvalue weighted by Gasteiger charge is -2.42. The molecule has 2 aliphatic carbocycles. The molecule has 2 aromatic carbocycles. The van der Waals surface area contributed by atoms with E-state index in [0.29, 0.717) is 11.3 Å². The summed E-state index contributed by atoms with van der Waals surface area (Å²) in [6, 6.07) is 6.94. The Balaban J connectivity index is 1.51. The first-order valence-corrected chi connectivity index (χ1v) is 11.1. The minimum atomic E-state index is -0.599. The molecule has 0 N–H and O–H groups in total. The molecule has 0 radical (unpaired) electrons. The molecule has 0 bridgehead atoms. The Morgan fingerprint density at radius 3 is 2.57 bits per heavy atom. The Kier molecular flexibility index (Phi) is 5.89. The highest BCUT2D eigenvalue weighted by molar-refractivity contribution is 5.86. The van der Waals surface area contributed by atoms with Gasteiger partial charge in [0.25, 0.3) is 0 Å². The van der Waals surface area contributed by atoms with Crippen LogP contribution in [0.4, 0.5) is 8.78 Å². The van der Waals surface area contributed by atoms with Crippen LogP contribution in [0.25, 0.3) is 10.8 Å². The van der Waals surface area contributed by atoms with Crippen LogP contribution in [0.3, 0.4) is 0 Å². The molecule has 2 unspecified atom stereocenters. The van der Waals surface area contributed by atoms with Gasteiger partial charge in [0.2, 0.25) is 0 Å². The van der Waals surface area contributed by atoms with Crippen molar-refractivity contribution < 1.29 is 13.5 Å². The van der Waals surface area contributed by atoms with Crippen LogP contribution < -0.4 is 4.74 Å². The predicted octanol–water partition coefficient (Wildman–Crippen LogP) is 7.62. The molecule has 0 heterocycles. The normalized spacial score (nSPS) is 27.6. The van der Waals surface area contributed by atoms with Crippen LogP contribution in [0.5, 0.6) is 5.75 Å². The van der Waals surface area contributed by atoms with Crippen molar-refractivity contribution in [1.29, 1.82) is 0 Å². The highest BCUT2D eigenvalue weighted by Gasteiger charge is 2.36. The van der Waals surface area contributed by atoms with Gasteiger partial charge < -0.3 is 4.74 Å². The maximum absolute atomic E-state index is 14.8. The van der Waals surface area contributed by atoms with E-state index in [1.807, 2.05) is 6.07 Å². The lowest BCUT2D eigenvalue weighted by atomic mass is 9.63. The van der Waals surface area contributed by atoms with Gasteiger partial charge in [-0.15, -0.1) is 0 Å². The Hall–Kier alpha value is -1.64. The molecule has 4 rings (SSSR count). The van der Waals surface area contributed by atoms with Gasteiger partial charge in [0, 0.05) is 0 Å². The van der Waals surface area contributed by atoms with Crippen LogP contribution in [0.15, 0.2) is 24.3 Å². The average Bonchev–Trinajstić information content (AvgIpc) is 2.71. The van der Waals surface area contributed by atoms with Gasteiger partial charge in [0.1, 0.15) is 5.82 Å². The number of hydrogen-bond acceptors (Lipinski definition) is 1. The second-order valence-electron chi connectivity index (χ2n) is 9.03. The predicted molar refractivity (Wildman–Crippen MR) is 111 cm³/mol. The van der Waals surface area contributed by atoms with Crippen molar-refractivity contribution in [3.8, 4) is 5.75 Å². The van der Waals surface area contributed by atoms with Crippen LogP contribution in [0, 0.1) is 29.4 Å². The molecule has 0 aromatic heterocycles. The van der Waals surface area contributed by atoms with Crippen molar-refractivity contribution >= 4 is 10.8 Å².